The molecule has 0 N–H and O–H groups in total. The van der Waals surface area contributed by atoms with E-state index in [4.69, 9.17) is 16.5 Å². The molecule has 0 aromatic carbocycles. The zero-order valence-corrected chi connectivity index (χ0v) is 123. The fourth-order valence-electron chi connectivity index (χ4n) is 2.85. The van der Waals surface area contributed by atoms with E-state index in [0.29, 0.717) is 0 Å². The van der Waals surface area contributed by atoms with Gasteiger partial charge in [-0.15, -0.1) is 0 Å². The first-order valence-electron chi connectivity index (χ1n) is 10.5. The largest absolute Gasteiger partial charge is 0.465 e. The molecule has 0 amide bonds. The van der Waals surface area contributed by atoms with Crippen molar-refractivity contribution in [3.63, 3.8) is 0 Å². The zero-order chi connectivity index (χ0) is 23.2. The zero-order valence-electron chi connectivity index (χ0n) is 37.6. The molecule has 0 aromatic heterocycles. The van der Waals surface area contributed by atoms with Gasteiger partial charge in [0.1, 0.15) is 0 Å². The van der Waals surface area contributed by atoms with E-state index in [1.165, 1.54) is 0 Å². The quantitative estimate of drug-likeness (QED) is 0.175. The third-order valence-corrected chi connectivity index (χ3v) is 23.9. The van der Waals surface area contributed by atoms with Crippen molar-refractivity contribution in [1.82, 2.24) is 0 Å². The molecule has 0 fully saturated rings. The van der Waals surface area contributed by atoms with Gasteiger partial charge in [-0.25, -0.2) is 0 Å². The van der Waals surface area contributed by atoms with Crippen molar-refractivity contribution < 1.29 is 932 Å². The van der Waals surface area contributed by atoms with Crippen LogP contribution >= 0.6 is 0 Å². The van der Waals surface area contributed by atoms with Crippen molar-refractivity contribution in [2.45, 2.75) is 104 Å². The summed E-state index contributed by atoms with van der Waals surface area (Å²) in [5, 5.41) is 0. The predicted octanol–water partition coefficient (Wildman–Crippen LogP) is 6.98. The van der Waals surface area contributed by atoms with Crippen LogP contribution in [-0.2, 0) is 932 Å². The number of rotatable bonds is 10. The van der Waals surface area contributed by atoms with Crippen LogP contribution in [-0.4, -0.2) is 50.4 Å². The monoisotopic (exact) mass is 2990 g/mol. The topological polar surface area (TPSA) is 36.9 Å². The molecule has 0 aliphatic carbocycles. The van der Waals surface area contributed by atoms with Crippen LogP contribution in [0, 0.1) is 13.1 Å². The first kappa shape index (κ1) is 198. The van der Waals surface area contributed by atoms with Crippen molar-refractivity contribution >= 4 is 50.4 Å². The second-order valence-electron chi connectivity index (χ2n) is 11.0. The molecule has 0 rings (SSSR count). The van der Waals surface area contributed by atoms with E-state index in [-0.39, 0.29) is 916 Å². The van der Waals surface area contributed by atoms with Gasteiger partial charge in [-0.05, 0) is 64.5 Å². The Labute approximate surface area is 1060 Å². The van der Waals surface area contributed by atoms with Crippen LogP contribution in [0.15, 0.2) is 0 Å². The summed E-state index contributed by atoms with van der Waals surface area (Å²) in [5.41, 5.74) is 0. The molecule has 0 aliphatic heterocycles. The third kappa shape index (κ3) is 162. The van der Waals surface area contributed by atoms with Crippen molar-refractivity contribution in [3.8, 4) is 0 Å². The molecule has 0 heterocycles. The van der Waals surface area contributed by atoms with Crippen LogP contribution < -0.4 is 0 Å². The molecule has 256 valence electrons. The smallest absolute Gasteiger partial charge is 0.309 e. The molecule has 0 atom stereocenters. The number of hydrogen-bond acceptors (Lipinski definition) is 4. The minimum Gasteiger partial charge on any atom is -0.465 e. The third-order valence-electron chi connectivity index (χ3n) is 3.79. The van der Waals surface area contributed by atoms with Gasteiger partial charge >= 0.3 is 17.1 Å². The van der Waals surface area contributed by atoms with Gasteiger partial charge in [-0.1, -0.05) is 40.0 Å². The summed E-state index contributed by atoms with van der Waals surface area (Å²) in [5.74, 6) is 0. The maximum Gasteiger partial charge on any atom is 0.309 e. The molecule has 56 heavy (non-hydrogen) atoms. The van der Waals surface area contributed by atoms with Gasteiger partial charge in [0.05, 0.1) is 0 Å². The van der Waals surface area contributed by atoms with E-state index in [0.717, 1.165) is 12.1 Å². The molecular formula is C18H50O4Si6Y28-2. The van der Waals surface area contributed by atoms with E-state index >= 15 is 0 Å². The minimum atomic E-state index is -1.93. The van der Waals surface area contributed by atoms with Crippen LogP contribution in [0.4, 0.5) is 0 Å². The Kier molecular flexibility index (Phi) is 416. The van der Waals surface area contributed by atoms with Crippen LogP contribution in [0.1, 0.15) is 13.8 Å². The Bertz CT molecular complexity index is 468. The molecule has 4 nitrogen and oxygen atoms in total. The van der Waals surface area contributed by atoms with E-state index in [2.05, 4.69) is 106 Å². The molecule has 0 bridgehead atoms. The van der Waals surface area contributed by atoms with Gasteiger partial charge in [0.25, 0.3) is 0 Å². The molecular weight excluding hydrogens is 2940 g/mol. The fraction of sp³-hybridized carbons (Fsp3) is 0.889. The summed E-state index contributed by atoms with van der Waals surface area (Å²) in [6.45, 7) is 38.6. The second kappa shape index (κ2) is 118. The summed E-state index contributed by atoms with van der Waals surface area (Å²) < 4.78 is 24.5. The van der Waals surface area contributed by atoms with Gasteiger partial charge in [0.2, 0.25) is 0 Å². The van der Waals surface area contributed by atoms with E-state index in [9.17, 15) is 0 Å². The van der Waals surface area contributed by atoms with Crippen LogP contribution in [0.5, 0.6) is 0 Å². The average Bonchev–Trinajstić information content (AvgIpc) is 2.30. The molecule has 0 saturated heterocycles. The van der Waals surface area contributed by atoms with Crippen molar-refractivity contribution in [3.05, 3.63) is 13.1 Å². The molecule has 0 aliphatic rings. The van der Waals surface area contributed by atoms with Crippen molar-refractivity contribution in [2.75, 3.05) is 0 Å². The van der Waals surface area contributed by atoms with Gasteiger partial charge in [-0.3, -0.25) is 0 Å². The average molecular weight is 2990 g/mol. The van der Waals surface area contributed by atoms with Gasteiger partial charge < -0.3 is 29.6 Å². The maximum atomic E-state index is 6.20. The second-order valence-corrected chi connectivity index (χ2v) is 35.3. The normalized spacial score (nSPS) is 7.29. The standard InChI is InChI=1S/2C9H25O2Si3.28Y/c2*1-9-13(5,6)11-14(7,8)10-12(2,3)4;;;;;;;;;;;;;;;;;;;;;;;;;;;;/h2*2,9H2,1,3-8H3;;;;;;;;;;;;;;;;;;;;;;;;;;;;/q2*-1;;;;;;;;;;;;;;;;;;;;;;;;;;;;. The molecule has 0 aromatic rings. The molecule has 0 saturated carbocycles. The first-order valence-corrected chi connectivity index (χ1v) is 28.6. The van der Waals surface area contributed by atoms with E-state index in [1.807, 2.05) is 0 Å². The Balaban J connectivity index is -0.00000000575. The SMILES string of the molecule is [CH2-][Si](C)(C)O[Si](C)(C)O[Si](C)(C)CC.[CH2-][Si](C)(C)O[Si](C)(C)O[Si](C)(C)CC.[Y].[Y].[Y].[Y].[Y].[Y].[Y].[Y].[Y].[Y].[Y].[Y].[Y].[Y].[Y].[Y].[Y].[Y].[Y].[Y].[Y].[Y].[Y].[Y].[Y].[Y].[Y].[Y]. The van der Waals surface area contributed by atoms with E-state index < -0.39 is 50.4 Å². The molecule has 0 unspecified atom stereocenters. The Morgan fingerprint density at radius 1 is 0.250 bits per heavy atom. The summed E-state index contributed by atoms with van der Waals surface area (Å²) in [6.07, 6.45) is 0. The first-order chi connectivity index (χ1) is 11.9. The Hall–Kier alpha value is 32.1. The summed E-state index contributed by atoms with van der Waals surface area (Å²) in [6, 6.07) is 2.29. The molecule has 0 spiro atoms. The minimum absolute atomic E-state index is 0. The summed E-state index contributed by atoms with van der Waals surface area (Å²) in [4.78, 5) is 0. The van der Waals surface area contributed by atoms with Gasteiger partial charge in [0.15, 0.2) is 16.6 Å². The maximum absolute atomic E-state index is 6.20. The van der Waals surface area contributed by atoms with Crippen LogP contribution in [0.2, 0.25) is 90.7 Å². The number of hydrogen-bond donors (Lipinski definition) is 0. The summed E-state index contributed by atoms with van der Waals surface area (Å²) >= 11 is 0. The fourth-order valence-corrected chi connectivity index (χ4v) is 26.4. The van der Waals surface area contributed by atoms with Gasteiger partial charge in [-0.2, -0.15) is 0 Å². The van der Waals surface area contributed by atoms with E-state index in [1.54, 1.807) is 0 Å². The molecule has 28 radical (unpaired) electrons. The van der Waals surface area contributed by atoms with Crippen molar-refractivity contribution in [1.29, 1.82) is 0 Å². The Morgan fingerprint density at radius 2 is 0.357 bits per heavy atom. The van der Waals surface area contributed by atoms with Crippen molar-refractivity contribution in [2.24, 2.45) is 0 Å². The van der Waals surface area contributed by atoms with Crippen LogP contribution in [0.3, 0.4) is 0 Å². The van der Waals surface area contributed by atoms with Gasteiger partial charge in [0, 0.05) is 932 Å². The predicted molar refractivity (Wildman–Crippen MR) is 141 cm³/mol. The Morgan fingerprint density at radius 3 is 0.429 bits per heavy atom. The van der Waals surface area contributed by atoms with Crippen LogP contribution in [0.25, 0.3) is 0 Å². The molecule has 38 heteroatoms. The summed E-state index contributed by atoms with van der Waals surface area (Å²) in [7, 11) is -10.2.